The highest BCUT2D eigenvalue weighted by Crippen LogP contribution is 2.40. The van der Waals surface area contributed by atoms with Crippen molar-refractivity contribution in [2.75, 3.05) is 25.6 Å². The maximum Gasteiger partial charge on any atom is 0.315 e. The number of fused-ring (bicyclic) bond motifs is 1. The van der Waals surface area contributed by atoms with Gasteiger partial charge in [0.15, 0.2) is 0 Å². The third-order valence-electron chi connectivity index (χ3n) is 6.55. The molecular weight excluding hydrogens is 514 g/mol. The first-order valence-corrected chi connectivity index (χ1v) is 15.2. The van der Waals surface area contributed by atoms with Crippen LogP contribution in [0.4, 0.5) is 0 Å². The number of hydrazine groups is 2. The maximum atomic E-state index is 12.4. The first-order valence-electron chi connectivity index (χ1n) is 12.8. The predicted molar refractivity (Wildman–Crippen MR) is 145 cm³/mol. The molecule has 2 heterocycles. The fourth-order valence-corrected chi connectivity index (χ4v) is 7.36. The van der Waals surface area contributed by atoms with Gasteiger partial charge in [-0.1, -0.05) is 52.3 Å². The number of ether oxygens (including phenoxy) is 2. The van der Waals surface area contributed by atoms with Crippen LogP contribution in [0.1, 0.15) is 63.4 Å². The number of carbonyl (C=O) groups excluding carboxylic acids is 2. The standard InChI is InChI=1S/C26H34N3O6S2/c1-19(26(31)33-18-34-27-29(32)28-13-4-5-14-28)20-8-9-22-17-23(11-10-21(22)16-20)35-25(30)7-3-2-6-24-12-15-36-37-24/h8-11,16-17,19,24H,2-7,12-15,18H2,1H3,(H,27,32)/q+1. The molecule has 0 spiro atoms. The number of nitrogens with zero attached hydrogens (tertiary/aromatic N) is 2. The number of benzene rings is 2. The van der Waals surface area contributed by atoms with Crippen LogP contribution in [0, 0.1) is 4.91 Å². The van der Waals surface area contributed by atoms with E-state index < -0.39 is 11.9 Å². The Morgan fingerprint density at radius 1 is 1.14 bits per heavy atom. The van der Waals surface area contributed by atoms with Gasteiger partial charge in [-0.3, -0.25) is 9.59 Å². The van der Waals surface area contributed by atoms with Crippen LogP contribution in [0.25, 0.3) is 10.8 Å². The summed E-state index contributed by atoms with van der Waals surface area (Å²) >= 11 is 0. The van der Waals surface area contributed by atoms with Crippen molar-refractivity contribution in [3.05, 3.63) is 46.9 Å². The molecule has 2 aliphatic heterocycles. The van der Waals surface area contributed by atoms with E-state index in [2.05, 4.69) is 5.59 Å². The summed E-state index contributed by atoms with van der Waals surface area (Å²) in [7, 11) is 3.92. The number of hydrogen-bond donors (Lipinski definition) is 1. The SMILES string of the molecule is CC(C(=O)OCON[N+](=O)N1CCCC1)c1ccc2cc(OC(=O)CCCCC3CCSS3)ccc2c1. The zero-order valence-electron chi connectivity index (χ0n) is 21.1. The van der Waals surface area contributed by atoms with Crippen LogP contribution in [-0.4, -0.2) is 52.8 Å². The molecule has 2 unspecified atom stereocenters. The lowest BCUT2D eigenvalue weighted by molar-refractivity contribution is -0.787. The number of hydrogen-bond acceptors (Lipinski definition) is 8. The van der Waals surface area contributed by atoms with Gasteiger partial charge in [0.2, 0.25) is 6.79 Å². The molecule has 9 nitrogen and oxygen atoms in total. The minimum atomic E-state index is -0.520. The Bertz CT molecular complexity index is 1090. The smallest absolute Gasteiger partial charge is 0.315 e. The van der Waals surface area contributed by atoms with Crippen LogP contribution < -0.4 is 10.3 Å². The predicted octanol–water partition coefficient (Wildman–Crippen LogP) is 5.29. The van der Waals surface area contributed by atoms with Crippen molar-refractivity contribution >= 4 is 44.3 Å². The molecule has 4 rings (SSSR count). The summed E-state index contributed by atoms with van der Waals surface area (Å²) in [5.74, 6) is 0.562. The highest BCUT2D eigenvalue weighted by atomic mass is 33.1. The lowest BCUT2D eigenvalue weighted by Gasteiger charge is -2.13. The number of nitrogens with one attached hydrogen (secondary N) is 1. The second kappa shape index (κ2) is 13.9. The molecule has 0 saturated carbocycles. The van der Waals surface area contributed by atoms with E-state index >= 15 is 0 Å². The molecule has 200 valence electrons. The minimum Gasteiger partial charge on any atom is -0.435 e. The average Bonchev–Trinajstić information content (AvgIpc) is 3.63. The van der Waals surface area contributed by atoms with Crippen molar-refractivity contribution in [3.8, 4) is 5.75 Å². The fraction of sp³-hybridized carbons (Fsp3) is 0.538. The quantitative estimate of drug-likeness (QED) is 0.0676. The van der Waals surface area contributed by atoms with Crippen LogP contribution in [0.2, 0.25) is 0 Å². The Balaban J connectivity index is 1.20. The van der Waals surface area contributed by atoms with Crippen molar-refractivity contribution in [3.63, 3.8) is 0 Å². The highest BCUT2D eigenvalue weighted by Gasteiger charge is 2.25. The van der Waals surface area contributed by atoms with E-state index in [4.69, 9.17) is 14.3 Å². The van der Waals surface area contributed by atoms with Gasteiger partial charge in [0.1, 0.15) is 5.75 Å². The Morgan fingerprint density at radius 2 is 1.92 bits per heavy atom. The third-order valence-corrected chi connectivity index (χ3v) is 9.55. The van der Waals surface area contributed by atoms with Gasteiger partial charge in [-0.05, 0) is 67.5 Å². The molecule has 2 aromatic carbocycles. The van der Waals surface area contributed by atoms with Crippen LogP contribution in [0.15, 0.2) is 36.4 Å². The monoisotopic (exact) mass is 548 g/mol. The first kappa shape index (κ1) is 27.5. The van der Waals surface area contributed by atoms with E-state index in [0.29, 0.717) is 30.2 Å². The molecule has 11 heteroatoms. The van der Waals surface area contributed by atoms with E-state index in [9.17, 15) is 14.5 Å². The molecule has 1 N–H and O–H groups in total. The van der Waals surface area contributed by atoms with Gasteiger partial charge in [0, 0.05) is 23.0 Å². The van der Waals surface area contributed by atoms with E-state index in [1.54, 1.807) is 18.0 Å². The van der Waals surface area contributed by atoms with Crippen molar-refractivity contribution < 1.29 is 28.9 Å². The summed E-state index contributed by atoms with van der Waals surface area (Å²) in [6.07, 6.45) is 6.68. The molecule has 2 aliphatic rings. The molecule has 0 aliphatic carbocycles. The van der Waals surface area contributed by atoms with E-state index in [0.717, 1.165) is 53.7 Å². The Kier molecular flexibility index (Phi) is 10.3. The largest absolute Gasteiger partial charge is 0.435 e. The Labute approximate surface area is 224 Å². The topological polar surface area (TPSA) is 97.2 Å². The van der Waals surface area contributed by atoms with Gasteiger partial charge in [0.05, 0.1) is 23.9 Å². The summed E-state index contributed by atoms with van der Waals surface area (Å²) in [6, 6.07) is 11.1. The Hall–Kier alpha value is -2.50. The second-order valence-corrected chi connectivity index (χ2v) is 12.1. The lowest BCUT2D eigenvalue weighted by atomic mass is 9.98. The van der Waals surface area contributed by atoms with Crippen molar-refractivity contribution in [2.45, 2.75) is 63.0 Å². The van der Waals surface area contributed by atoms with Crippen molar-refractivity contribution in [2.24, 2.45) is 0 Å². The third kappa shape index (κ3) is 8.24. The number of nitroso groups, excluding NO2 is 1. The number of carbonyl (C=O) groups is 2. The summed E-state index contributed by atoms with van der Waals surface area (Å²) in [4.78, 5) is 42.0. The van der Waals surface area contributed by atoms with Crippen LogP contribution in [0.5, 0.6) is 5.75 Å². The van der Waals surface area contributed by atoms with E-state index in [1.807, 2.05) is 51.9 Å². The first-order chi connectivity index (χ1) is 18.0. The van der Waals surface area contributed by atoms with Gasteiger partial charge in [0.25, 0.3) is 4.98 Å². The maximum absolute atomic E-state index is 12.4. The number of unbranched alkanes of at least 4 members (excludes halogenated alkanes) is 1. The zero-order chi connectivity index (χ0) is 26.0. The lowest BCUT2D eigenvalue weighted by Crippen LogP contribution is -2.40. The minimum absolute atomic E-state index is 0.210. The number of esters is 2. The zero-order valence-corrected chi connectivity index (χ0v) is 22.7. The molecule has 0 bridgehead atoms. The highest BCUT2D eigenvalue weighted by molar-refractivity contribution is 8.77. The number of rotatable bonds is 13. The van der Waals surface area contributed by atoms with Gasteiger partial charge in [-0.15, -0.1) is 5.01 Å². The van der Waals surface area contributed by atoms with Crippen LogP contribution in [-0.2, 0) is 19.2 Å². The van der Waals surface area contributed by atoms with Crippen LogP contribution >= 0.6 is 21.6 Å². The summed E-state index contributed by atoms with van der Waals surface area (Å²) < 4.78 is 10.7. The van der Waals surface area contributed by atoms with Gasteiger partial charge >= 0.3 is 11.9 Å². The molecule has 0 radical (unpaired) electrons. The normalized spacial score (nSPS) is 18.1. The van der Waals surface area contributed by atoms with Gasteiger partial charge in [-0.25, -0.2) is 0 Å². The van der Waals surface area contributed by atoms with Crippen molar-refractivity contribution in [1.29, 1.82) is 0 Å². The second-order valence-electron chi connectivity index (χ2n) is 9.29. The molecule has 2 saturated heterocycles. The molecule has 2 atom stereocenters. The summed E-state index contributed by atoms with van der Waals surface area (Å²) in [5, 5.41) is 4.14. The Morgan fingerprint density at radius 3 is 2.70 bits per heavy atom. The molecule has 0 amide bonds. The summed E-state index contributed by atoms with van der Waals surface area (Å²) in [6.45, 7) is 2.71. The van der Waals surface area contributed by atoms with E-state index in [1.165, 1.54) is 12.2 Å². The van der Waals surface area contributed by atoms with Crippen LogP contribution in [0.3, 0.4) is 0 Å². The fourth-order valence-electron chi connectivity index (χ4n) is 4.33. The average molecular weight is 549 g/mol. The van der Waals surface area contributed by atoms with Crippen molar-refractivity contribution in [1.82, 2.24) is 10.6 Å². The molecule has 37 heavy (non-hydrogen) atoms. The molecule has 2 aromatic rings. The van der Waals surface area contributed by atoms with Gasteiger partial charge in [-0.2, -0.15) is 4.84 Å². The molecule has 2 fully saturated rings. The van der Waals surface area contributed by atoms with E-state index in [-0.39, 0.29) is 12.8 Å². The molecular formula is C26H34N3O6S2+. The summed E-state index contributed by atoms with van der Waals surface area (Å²) in [5.41, 5.74) is 3.00. The van der Waals surface area contributed by atoms with Gasteiger partial charge < -0.3 is 9.47 Å². The molecule has 0 aromatic heterocycles.